The number of nitrogens with one attached hydrogen (secondary N) is 1. The first-order valence-corrected chi connectivity index (χ1v) is 10.6. The van der Waals surface area contributed by atoms with E-state index in [1.54, 1.807) is 23.9 Å². The maximum absolute atomic E-state index is 12.8. The molecule has 4 nitrogen and oxygen atoms in total. The third-order valence-corrected chi connectivity index (χ3v) is 6.68. The van der Waals surface area contributed by atoms with Crippen LogP contribution in [-0.2, 0) is 0 Å². The largest absolute Gasteiger partial charge is 0.360 e. The van der Waals surface area contributed by atoms with Crippen LogP contribution >= 0.6 is 23.1 Å². The Morgan fingerprint density at radius 1 is 1.00 bits per heavy atom. The summed E-state index contributed by atoms with van der Waals surface area (Å²) in [6, 6.07) is 20.2. The van der Waals surface area contributed by atoms with E-state index in [1.165, 1.54) is 11.8 Å². The molecule has 6 heteroatoms. The summed E-state index contributed by atoms with van der Waals surface area (Å²) in [4.78, 5) is 26.9. The summed E-state index contributed by atoms with van der Waals surface area (Å²) in [5, 5.41) is 2.81. The molecule has 0 aliphatic rings. The number of carbonyl (C=O) groups excluding carboxylic acids is 1. The lowest BCUT2D eigenvalue weighted by molar-refractivity contribution is 0.102. The molecule has 0 saturated heterocycles. The average Bonchev–Trinajstić information content (AvgIpc) is 3.37. The minimum atomic E-state index is 0.0905. The number of hydrogen-bond donors (Lipinski definition) is 1. The number of hydrogen-bond acceptors (Lipinski definition) is 5. The summed E-state index contributed by atoms with van der Waals surface area (Å²) in [5.74, 6) is 0.428. The number of carbonyl (C=O) groups is 1. The predicted octanol–water partition coefficient (Wildman–Crippen LogP) is 5.81. The van der Waals surface area contributed by atoms with E-state index in [1.807, 2.05) is 42.5 Å². The van der Waals surface area contributed by atoms with Crippen molar-refractivity contribution < 1.29 is 4.79 Å². The monoisotopic (exact) mass is 401 g/mol. The highest BCUT2D eigenvalue weighted by atomic mass is 32.2. The maximum Gasteiger partial charge on any atom is 0.175 e. The highest BCUT2D eigenvalue weighted by Crippen LogP contribution is 2.36. The van der Waals surface area contributed by atoms with Crippen molar-refractivity contribution in [1.29, 1.82) is 0 Å². The Kier molecular flexibility index (Phi) is 4.43. The molecule has 0 atom stereocenters. The average molecular weight is 402 g/mol. The smallest absolute Gasteiger partial charge is 0.175 e. The van der Waals surface area contributed by atoms with Crippen LogP contribution < -0.4 is 0 Å². The van der Waals surface area contributed by atoms with Crippen LogP contribution in [0.3, 0.4) is 0 Å². The summed E-state index contributed by atoms with van der Waals surface area (Å²) >= 11 is 3.11. The molecule has 0 radical (unpaired) electrons. The van der Waals surface area contributed by atoms with Crippen molar-refractivity contribution in [2.75, 3.05) is 5.75 Å². The van der Waals surface area contributed by atoms with Gasteiger partial charge in [-0.2, -0.15) is 0 Å². The highest BCUT2D eigenvalue weighted by molar-refractivity contribution is 8.00. The van der Waals surface area contributed by atoms with Gasteiger partial charge in [-0.15, -0.1) is 11.3 Å². The molecule has 1 N–H and O–H groups in total. The zero-order valence-corrected chi connectivity index (χ0v) is 16.4. The van der Waals surface area contributed by atoms with Gasteiger partial charge in [-0.05, 0) is 17.7 Å². The van der Waals surface area contributed by atoms with E-state index >= 15 is 0 Å². The Morgan fingerprint density at radius 3 is 2.71 bits per heavy atom. The molecule has 5 rings (SSSR count). The number of aromatic nitrogens is 3. The summed E-state index contributed by atoms with van der Waals surface area (Å²) in [6.45, 7) is 0. The SMILES string of the molecule is O=C(CSc1ncnc2sc(-c3ccccc3)cc12)c1c[nH]c2ccccc12. The van der Waals surface area contributed by atoms with Crippen molar-refractivity contribution in [2.24, 2.45) is 0 Å². The first kappa shape index (κ1) is 17.2. The van der Waals surface area contributed by atoms with Crippen LogP contribution in [-0.4, -0.2) is 26.5 Å². The van der Waals surface area contributed by atoms with Crippen molar-refractivity contribution in [3.8, 4) is 10.4 Å². The lowest BCUT2D eigenvalue weighted by atomic mass is 10.1. The highest BCUT2D eigenvalue weighted by Gasteiger charge is 2.15. The van der Waals surface area contributed by atoms with Crippen LogP contribution in [0.25, 0.3) is 31.6 Å². The lowest BCUT2D eigenvalue weighted by Gasteiger charge is -2.01. The summed E-state index contributed by atoms with van der Waals surface area (Å²) in [5.41, 5.74) is 2.87. The molecule has 0 unspecified atom stereocenters. The molecular weight excluding hydrogens is 386 g/mol. The molecule has 0 amide bonds. The van der Waals surface area contributed by atoms with Gasteiger partial charge in [0.25, 0.3) is 0 Å². The quantitative estimate of drug-likeness (QED) is 0.229. The van der Waals surface area contributed by atoms with Gasteiger partial charge in [0.2, 0.25) is 0 Å². The number of para-hydroxylation sites is 1. The predicted molar refractivity (Wildman–Crippen MR) is 116 cm³/mol. The Bertz CT molecular complexity index is 1290. The number of ketones is 1. The number of thiophene rings is 1. The van der Waals surface area contributed by atoms with Crippen molar-refractivity contribution >= 4 is 50.0 Å². The number of fused-ring (bicyclic) bond motifs is 2. The Morgan fingerprint density at radius 2 is 1.82 bits per heavy atom. The number of nitrogens with zero attached hydrogens (tertiary/aromatic N) is 2. The van der Waals surface area contributed by atoms with Gasteiger partial charge in [-0.3, -0.25) is 4.79 Å². The Hall–Kier alpha value is -2.96. The van der Waals surface area contributed by atoms with Crippen molar-refractivity contribution in [2.45, 2.75) is 5.03 Å². The van der Waals surface area contributed by atoms with E-state index in [9.17, 15) is 4.79 Å². The molecule has 3 aromatic heterocycles. The molecule has 0 aliphatic carbocycles. The number of thioether (sulfide) groups is 1. The van der Waals surface area contributed by atoms with Gasteiger partial charge < -0.3 is 4.98 Å². The standard InChI is InChI=1S/C22H15N3OS2/c26-19(17-11-23-18-9-5-4-8-15(17)18)12-27-21-16-10-20(14-6-2-1-3-7-14)28-22(16)25-13-24-21/h1-11,13,23H,12H2. The summed E-state index contributed by atoms with van der Waals surface area (Å²) in [7, 11) is 0. The van der Waals surface area contributed by atoms with Crippen LogP contribution in [0.5, 0.6) is 0 Å². The topological polar surface area (TPSA) is 58.6 Å². The minimum absolute atomic E-state index is 0.0905. The van der Waals surface area contributed by atoms with Gasteiger partial charge in [0.15, 0.2) is 5.78 Å². The minimum Gasteiger partial charge on any atom is -0.360 e. The van der Waals surface area contributed by atoms with E-state index in [4.69, 9.17) is 0 Å². The van der Waals surface area contributed by atoms with E-state index < -0.39 is 0 Å². The van der Waals surface area contributed by atoms with Gasteiger partial charge in [-0.25, -0.2) is 9.97 Å². The second kappa shape index (κ2) is 7.22. The second-order valence-electron chi connectivity index (χ2n) is 6.33. The Balaban J connectivity index is 1.42. The van der Waals surface area contributed by atoms with E-state index in [0.29, 0.717) is 5.75 Å². The Labute approximate surface area is 169 Å². The van der Waals surface area contributed by atoms with E-state index in [2.05, 4.69) is 33.2 Å². The fourth-order valence-corrected chi connectivity index (χ4v) is 5.13. The van der Waals surface area contributed by atoms with E-state index in [0.717, 1.165) is 42.1 Å². The zero-order valence-electron chi connectivity index (χ0n) is 14.8. The number of rotatable bonds is 5. The zero-order chi connectivity index (χ0) is 18.9. The van der Waals surface area contributed by atoms with Crippen LogP contribution in [0.1, 0.15) is 10.4 Å². The van der Waals surface area contributed by atoms with Gasteiger partial charge in [-0.1, -0.05) is 60.3 Å². The molecule has 3 heterocycles. The number of aromatic amines is 1. The molecule has 2 aromatic carbocycles. The molecule has 0 aliphatic heterocycles. The molecule has 0 bridgehead atoms. The van der Waals surface area contributed by atoms with Crippen molar-refractivity contribution in [3.05, 3.63) is 78.8 Å². The molecule has 136 valence electrons. The molecule has 5 aromatic rings. The van der Waals surface area contributed by atoms with Gasteiger partial charge in [0.05, 0.1) is 5.75 Å². The first-order valence-electron chi connectivity index (χ1n) is 8.82. The van der Waals surface area contributed by atoms with E-state index in [-0.39, 0.29) is 5.78 Å². The maximum atomic E-state index is 12.8. The summed E-state index contributed by atoms with van der Waals surface area (Å²) < 4.78 is 0. The third kappa shape index (κ3) is 3.10. The second-order valence-corrected chi connectivity index (χ2v) is 8.33. The van der Waals surface area contributed by atoms with Crippen molar-refractivity contribution in [1.82, 2.24) is 15.0 Å². The molecule has 0 spiro atoms. The third-order valence-electron chi connectivity index (χ3n) is 4.58. The normalized spacial score (nSPS) is 11.3. The van der Waals surface area contributed by atoms with Gasteiger partial charge >= 0.3 is 0 Å². The van der Waals surface area contributed by atoms with Crippen molar-refractivity contribution in [3.63, 3.8) is 0 Å². The number of benzene rings is 2. The molecule has 28 heavy (non-hydrogen) atoms. The molecular formula is C22H15N3OS2. The molecule has 0 fully saturated rings. The first-order chi connectivity index (χ1) is 13.8. The molecule has 0 saturated carbocycles. The van der Waals surface area contributed by atoms with Crippen LogP contribution in [0.15, 0.2) is 78.2 Å². The number of Topliss-reactive ketones (excluding diaryl/α,β-unsaturated/α-hetero) is 1. The van der Waals surface area contributed by atoms with Crippen LogP contribution in [0.2, 0.25) is 0 Å². The fourth-order valence-electron chi connectivity index (χ4n) is 3.21. The van der Waals surface area contributed by atoms with Gasteiger partial charge in [0, 0.05) is 32.9 Å². The summed E-state index contributed by atoms with van der Waals surface area (Å²) in [6.07, 6.45) is 3.37. The number of H-pyrrole nitrogens is 1. The lowest BCUT2D eigenvalue weighted by Crippen LogP contribution is -2.01. The fraction of sp³-hybridized carbons (Fsp3) is 0.0455. The van der Waals surface area contributed by atoms with Gasteiger partial charge in [0.1, 0.15) is 16.2 Å². The van der Waals surface area contributed by atoms with Crippen LogP contribution in [0, 0.1) is 0 Å². The van der Waals surface area contributed by atoms with Crippen LogP contribution in [0.4, 0.5) is 0 Å².